The minimum Gasteiger partial charge on any atom is -0.458 e. The number of carbonyl (C=O) groups excluding carboxylic acids is 1. The lowest BCUT2D eigenvalue weighted by Gasteiger charge is -1.99. The van der Waals surface area contributed by atoms with Crippen LogP contribution in [0.4, 0.5) is 0 Å². The van der Waals surface area contributed by atoms with E-state index in [1.54, 1.807) is 0 Å². The van der Waals surface area contributed by atoms with E-state index in [0.717, 1.165) is 38.5 Å². The van der Waals surface area contributed by atoms with E-state index in [9.17, 15) is 4.79 Å². The van der Waals surface area contributed by atoms with Gasteiger partial charge in [-0.3, -0.25) is 4.79 Å². The zero-order valence-corrected chi connectivity index (χ0v) is 14.8. The Bertz CT molecular complexity index is 504. The summed E-state index contributed by atoms with van der Waals surface area (Å²) in [6.07, 6.45) is 31.9. The Hall–Kier alpha value is -2.09. The van der Waals surface area contributed by atoms with E-state index in [1.807, 2.05) is 18.2 Å². The fourth-order valence-corrected chi connectivity index (χ4v) is 2.18. The second-order valence-electron chi connectivity index (χ2n) is 5.62. The maximum Gasteiger partial charge on any atom is 0.306 e. The molecular formula is C22H30O2. The molecule has 0 bridgehead atoms. The maximum absolute atomic E-state index is 10.9. The van der Waals surface area contributed by atoms with Gasteiger partial charge < -0.3 is 4.74 Å². The van der Waals surface area contributed by atoms with Crippen LogP contribution >= 0.6 is 0 Å². The van der Waals surface area contributed by atoms with Crippen LogP contribution in [0.3, 0.4) is 0 Å². The summed E-state index contributed by atoms with van der Waals surface area (Å²) >= 11 is 0. The van der Waals surface area contributed by atoms with Gasteiger partial charge in [0.05, 0.1) is 0 Å². The van der Waals surface area contributed by atoms with Crippen molar-refractivity contribution < 1.29 is 9.53 Å². The van der Waals surface area contributed by atoms with Crippen LogP contribution in [0.5, 0.6) is 0 Å². The van der Waals surface area contributed by atoms with Gasteiger partial charge in [-0.1, -0.05) is 73.8 Å². The normalized spacial score (nSPS) is 19.4. The minimum atomic E-state index is -0.0894. The fraction of sp³-hybridized carbons (Fsp3) is 0.409. The Morgan fingerprint density at radius 1 is 0.833 bits per heavy atom. The van der Waals surface area contributed by atoms with E-state index >= 15 is 0 Å². The molecule has 24 heavy (non-hydrogen) atoms. The fourth-order valence-electron chi connectivity index (χ4n) is 2.18. The van der Waals surface area contributed by atoms with Crippen molar-refractivity contribution in [1.29, 1.82) is 0 Å². The second kappa shape index (κ2) is 14.5. The third-order valence-corrected chi connectivity index (χ3v) is 3.48. The predicted octanol–water partition coefficient (Wildman–Crippen LogP) is 6.00. The number of cyclic esters (lactones) is 1. The van der Waals surface area contributed by atoms with E-state index in [2.05, 4.69) is 61.6 Å². The van der Waals surface area contributed by atoms with Crippen LogP contribution in [-0.4, -0.2) is 12.1 Å². The number of hydrogen-bond acceptors (Lipinski definition) is 2. The lowest BCUT2D eigenvalue weighted by molar-refractivity contribution is -0.139. The first kappa shape index (κ1) is 20.0. The summed E-state index contributed by atoms with van der Waals surface area (Å²) in [5.74, 6) is -0.0894. The van der Waals surface area contributed by atoms with Crippen LogP contribution in [-0.2, 0) is 9.53 Å². The van der Waals surface area contributed by atoms with E-state index in [-0.39, 0.29) is 12.1 Å². The molecule has 130 valence electrons. The summed E-state index contributed by atoms with van der Waals surface area (Å²) in [7, 11) is 0. The Morgan fingerprint density at radius 3 is 1.88 bits per heavy atom. The van der Waals surface area contributed by atoms with Crippen molar-refractivity contribution in [3.63, 3.8) is 0 Å². The van der Waals surface area contributed by atoms with E-state index in [4.69, 9.17) is 4.74 Å². The molecule has 0 aromatic rings. The monoisotopic (exact) mass is 326 g/mol. The zero-order valence-electron chi connectivity index (χ0n) is 14.8. The van der Waals surface area contributed by atoms with E-state index in [1.165, 1.54) is 0 Å². The Morgan fingerprint density at radius 2 is 1.38 bits per heavy atom. The molecule has 2 nitrogen and oxygen atoms in total. The largest absolute Gasteiger partial charge is 0.458 e. The van der Waals surface area contributed by atoms with Gasteiger partial charge in [0.15, 0.2) is 0 Å². The quantitative estimate of drug-likeness (QED) is 0.264. The van der Waals surface area contributed by atoms with Crippen molar-refractivity contribution in [3.05, 3.63) is 72.9 Å². The summed E-state index contributed by atoms with van der Waals surface area (Å²) in [6.45, 7) is 2.15. The highest BCUT2D eigenvalue weighted by molar-refractivity contribution is 5.71. The molecule has 1 atom stereocenters. The molecule has 1 aliphatic heterocycles. The average Bonchev–Trinajstić information content (AvgIpc) is 3.00. The highest BCUT2D eigenvalue weighted by Crippen LogP contribution is 2.14. The van der Waals surface area contributed by atoms with Crippen LogP contribution in [0, 0.1) is 0 Å². The van der Waals surface area contributed by atoms with Gasteiger partial charge in [-0.25, -0.2) is 0 Å². The van der Waals surface area contributed by atoms with Gasteiger partial charge >= 0.3 is 5.97 Å². The number of ether oxygens (including phenoxy) is 1. The molecule has 0 amide bonds. The number of esters is 1. The van der Waals surface area contributed by atoms with Gasteiger partial charge in [-0.05, 0) is 44.6 Å². The topological polar surface area (TPSA) is 26.3 Å². The van der Waals surface area contributed by atoms with Crippen molar-refractivity contribution >= 4 is 5.97 Å². The summed E-state index contributed by atoms with van der Waals surface area (Å²) in [5, 5.41) is 0. The molecule has 1 unspecified atom stereocenters. The lowest BCUT2D eigenvalue weighted by atomic mass is 10.2. The molecule has 0 spiro atoms. The van der Waals surface area contributed by atoms with Gasteiger partial charge in [0.2, 0.25) is 0 Å². The summed E-state index contributed by atoms with van der Waals surface area (Å²) in [4.78, 5) is 10.9. The molecule has 2 heteroatoms. The van der Waals surface area contributed by atoms with Crippen LogP contribution in [0.1, 0.15) is 51.9 Å². The number of carbonyl (C=O) groups is 1. The van der Waals surface area contributed by atoms with Crippen LogP contribution in [0.15, 0.2) is 72.9 Å². The molecule has 1 rings (SSSR count). The highest BCUT2D eigenvalue weighted by Gasteiger charge is 2.19. The maximum atomic E-state index is 10.9. The average molecular weight is 326 g/mol. The van der Waals surface area contributed by atoms with Gasteiger partial charge in [-0.15, -0.1) is 0 Å². The Kier molecular flexibility index (Phi) is 12.1. The van der Waals surface area contributed by atoms with Gasteiger partial charge in [-0.2, -0.15) is 0 Å². The Balaban J connectivity index is 2.00. The first-order valence-corrected chi connectivity index (χ1v) is 8.95. The molecule has 0 aliphatic carbocycles. The smallest absolute Gasteiger partial charge is 0.306 e. The Labute approximate surface area is 147 Å². The number of hydrogen-bond donors (Lipinski definition) is 0. The molecule has 1 fully saturated rings. The minimum absolute atomic E-state index is 0.0282. The van der Waals surface area contributed by atoms with Crippen molar-refractivity contribution in [2.45, 2.75) is 58.0 Å². The van der Waals surface area contributed by atoms with Crippen LogP contribution in [0.2, 0.25) is 0 Å². The second-order valence-corrected chi connectivity index (χ2v) is 5.62. The first-order valence-electron chi connectivity index (χ1n) is 8.95. The summed E-state index contributed by atoms with van der Waals surface area (Å²) < 4.78 is 5.10. The van der Waals surface area contributed by atoms with Crippen molar-refractivity contribution in [3.8, 4) is 0 Å². The van der Waals surface area contributed by atoms with Gasteiger partial charge in [0, 0.05) is 6.42 Å². The molecule has 1 aliphatic rings. The molecule has 0 N–H and O–H groups in total. The van der Waals surface area contributed by atoms with Crippen molar-refractivity contribution in [1.82, 2.24) is 0 Å². The molecular weight excluding hydrogens is 296 g/mol. The standard InChI is InChI=1S/C22H30O2/c1-2-3-4-5-6-7-8-9-10-11-12-13-14-15-16-17-18-21-19-20-22(23)24-21/h3-4,6-7,9-10,12-13,15-18,21H,2,5,8,11,14,19-20H2,1H3. The molecule has 1 saturated heterocycles. The summed E-state index contributed by atoms with van der Waals surface area (Å²) in [6, 6.07) is 0. The van der Waals surface area contributed by atoms with Crippen molar-refractivity contribution in [2.75, 3.05) is 0 Å². The van der Waals surface area contributed by atoms with Gasteiger partial charge in [0.25, 0.3) is 0 Å². The summed E-state index contributed by atoms with van der Waals surface area (Å²) in [5.41, 5.74) is 0. The zero-order chi connectivity index (χ0) is 17.3. The number of allylic oxidation sites excluding steroid dienone is 11. The molecule has 1 heterocycles. The van der Waals surface area contributed by atoms with E-state index in [0.29, 0.717) is 6.42 Å². The van der Waals surface area contributed by atoms with E-state index < -0.39 is 0 Å². The first-order chi connectivity index (χ1) is 11.8. The molecule has 0 aromatic heterocycles. The molecule has 0 saturated carbocycles. The van der Waals surface area contributed by atoms with Crippen LogP contribution in [0.25, 0.3) is 0 Å². The highest BCUT2D eigenvalue weighted by atomic mass is 16.5. The lowest BCUT2D eigenvalue weighted by Crippen LogP contribution is -2.01. The molecule has 0 aromatic carbocycles. The third kappa shape index (κ3) is 11.5. The van der Waals surface area contributed by atoms with Gasteiger partial charge in [0.1, 0.15) is 6.10 Å². The number of rotatable bonds is 11. The SMILES string of the molecule is CCC=CCC=CCC=CCC=CCC=CC=CC1CCC(=O)O1. The predicted molar refractivity (Wildman–Crippen MR) is 103 cm³/mol. The molecule has 0 radical (unpaired) electrons. The van der Waals surface area contributed by atoms with Crippen LogP contribution < -0.4 is 0 Å². The third-order valence-electron chi connectivity index (χ3n) is 3.48. The van der Waals surface area contributed by atoms with Crippen molar-refractivity contribution in [2.24, 2.45) is 0 Å².